The van der Waals surface area contributed by atoms with Crippen LogP contribution in [-0.4, -0.2) is 0 Å². The normalized spacial score (nSPS) is 13.2. The van der Waals surface area contributed by atoms with Crippen LogP contribution in [0.4, 0.5) is 4.39 Å². The molecular formula is C17H20ClFN2. The van der Waals surface area contributed by atoms with Gasteiger partial charge in [0.1, 0.15) is 5.82 Å². The molecule has 0 spiro atoms. The number of hydrazine groups is 1. The first-order valence-corrected chi connectivity index (χ1v) is 7.23. The van der Waals surface area contributed by atoms with Crippen LogP contribution in [0.1, 0.15) is 43.5 Å². The van der Waals surface area contributed by atoms with Crippen molar-refractivity contribution in [3.8, 4) is 0 Å². The van der Waals surface area contributed by atoms with Crippen LogP contribution in [0.3, 0.4) is 0 Å². The van der Waals surface area contributed by atoms with Gasteiger partial charge < -0.3 is 0 Å². The first-order chi connectivity index (χ1) is 9.84. The second-order valence-electron chi connectivity index (χ2n) is 6.10. The van der Waals surface area contributed by atoms with E-state index < -0.39 is 0 Å². The molecule has 0 saturated heterocycles. The summed E-state index contributed by atoms with van der Waals surface area (Å²) in [5, 5.41) is 0.489. The van der Waals surface area contributed by atoms with Gasteiger partial charge in [-0.15, -0.1) is 0 Å². The third kappa shape index (κ3) is 3.43. The Morgan fingerprint density at radius 2 is 1.76 bits per heavy atom. The minimum Gasteiger partial charge on any atom is -0.271 e. The van der Waals surface area contributed by atoms with Crippen LogP contribution in [0.25, 0.3) is 0 Å². The predicted octanol–water partition coefficient (Wildman–Crippen LogP) is 4.33. The summed E-state index contributed by atoms with van der Waals surface area (Å²) in [4.78, 5) is 0. The highest BCUT2D eigenvalue weighted by Gasteiger charge is 2.24. The molecule has 0 aliphatic heterocycles. The average molecular weight is 307 g/mol. The highest BCUT2D eigenvalue weighted by molar-refractivity contribution is 6.31. The van der Waals surface area contributed by atoms with Gasteiger partial charge in [-0.05, 0) is 40.3 Å². The molecule has 0 radical (unpaired) electrons. The van der Waals surface area contributed by atoms with Crippen molar-refractivity contribution in [3.05, 3.63) is 70.0 Å². The standard InChI is InChI=1S/C17H20ClFN2/c1-17(2,3)14-7-5-4-6-12(14)16(21-20)13-10-11(19)8-9-15(13)18/h4-10,16,21H,20H2,1-3H3. The highest BCUT2D eigenvalue weighted by Crippen LogP contribution is 2.35. The molecule has 0 saturated carbocycles. The van der Waals surface area contributed by atoms with Crippen LogP contribution >= 0.6 is 11.6 Å². The molecule has 112 valence electrons. The number of rotatable bonds is 3. The smallest absolute Gasteiger partial charge is 0.123 e. The molecule has 1 atom stereocenters. The highest BCUT2D eigenvalue weighted by atomic mass is 35.5. The summed E-state index contributed by atoms with van der Waals surface area (Å²) in [6.45, 7) is 6.39. The number of benzene rings is 2. The fourth-order valence-electron chi connectivity index (χ4n) is 2.51. The van der Waals surface area contributed by atoms with E-state index in [1.54, 1.807) is 6.07 Å². The molecule has 21 heavy (non-hydrogen) atoms. The molecule has 2 rings (SSSR count). The van der Waals surface area contributed by atoms with Crippen LogP contribution < -0.4 is 11.3 Å². The zero-order chi connectivity index (χ0) is 15.6. The van der Waals surface area contributed by atoms with E-state index >= 15 is 0 Å². The SMILES string of the molecule is CC(C)(C)c1ccccc1C(NN)c1cc(F)ccc1Cl. The summed E-state index contributed by atoms with van der Waals surface area (Å²) in [6.07, 6.45) is 0. The lowest BCUT2D eigenvalue weighted by atomic mass is 9.80. The topological polar surface area (TPSA) is 38.0 Å². The van der Waals surface area contributed by atoms with E-state index in [-0.39, 0.29) is 17.3 Å². The van der Waals surface area contributed by atoms with E-state index in [1.807, 2.05) is 18.2 Å². The van der Waals surface area contributed by atoms with E-state index in [2.05, 4.69) is 32.3 Å². The number of hydrogen-bond acceptors (Lipinski definition) is 2. The minimum atomic E-state index is -0.358. The molecule has 2 aromatic carbocycles. The number of nitrogens with one attached hydrogen (secondary N) is 1. The van der Waals surface area contributed by atoms with Crippen molar-refractivity contribution >= 4 is 11.6 Å². The van der Waals surface area contributed by atoms with Gasteiger partial charge in [-0.1, -0.05) is 56.6 Å². The van der Waals surface area contributed by atoms with Crippen LogP contribution in [0.2, 0.25) is 5.02 Å². The molecule has 0 aromatic heterocycles. The number of halogens is 2. The lowest BCUT2D eigenvalue weighted by Crippen LogP contribution is -2.31. The molecular weight excluding hydrogens is 287 g/mol. The van der Waals surface area contributed by atoms with Gasteiger partial charge in [-0.3, -0.25) is 5.84 Å². The molecule has 0 aliphatic carbocycles. The Bertz CT molecular complexity index is 635. The summed E-state index contributed by atoms with van der Waals surface area (Å²) in [7, 11) is 0. The molecule has 0 fully saturated rings. The Balaban J connectivity index is 2.60. The third-order valence-electron chi connectivity index (χ3n) is 3.52. The monoisotopic (exact) mass is 306 g/mol. The molecule has 1 unspecified atom stereocenters. The van der Waals surface area contributed by atoms with Crippen molar-refractivity contribution in [2.24, 2.45) is 5.84 Å². The van der Waals surface area contributed by atoms with Gasteiger partial charge in [0.2, 0.25) is 0 Å². The summed E-state index contributed by atoms with van der Waals surface area (Å²) < 4.78 is 13.6. The van der Waals surface area contributed by atoms with Gasteiger partial charge in [0.25, 0.3) is 0 Å². The van der Waals surface area contributed by atoms with Gasteiger partial charge in [-0.25, -0.2) is 9.82 Å². The largest absolute Gasteiger partial charge is 0.271 e. The summed E-state index contributed by atoms with van der Waals surface area (Å²) in [5.74, 6) is 5.41. The molecule has 0 heterocycles. The fourth-order valence-corrected chi connectivity index (χ4v) is 2.74. The van der Waals surface area contributed by atoms with Crippen molar-refractivity contribution in [1.29, 1.82) is 0 Å². The minimum absolute atomic E-state index is 0.0501. The molecule has 0 aliphatic rings. The van der Waals surface area contributed by atoms with E-state index in [1.165, 1.54) is 12.1 Å². The predicted molar refractivity (Wildman–Crippen MR) is 85.7 cm³/mol. The van der Waals surface area contributed by atoms with Gasteiger partial charge in [0.15, 0.2) is 0 Å². The first kappa shape index (κ1) is 16.0. The Kier molecular flexibility index (Phi) is 4.67. The van der Waals surface area contributed by atoms with Crippen LogP contribution in [0, 0.1) is 5.82 Å². The zero-order valence-corrected chi connectivity index (χ0v) is 13.2. The van der Waals surface area contributed by atoms with Gasteiger partial charge in [0, 0.05) is 5.02 Å². The second-order valence-corrected chi connectivity index (χ2v) is 6.51. The van der Waals surface area contributed by atoms with Crippen LogP contribution in [-0.2, 0) is 5.41 Å². The first-order valence-electron chi connectivity index (χ1n) is 6.85. The Hall–Kier alpha value is -1.42. The maximum Gasteiger partial charge on any atom is 0.123 e. The molecule has 2 aromatic rings. The van der Waals surface area contributed by atoms with E-state index in [0.717, 1.165) is 11.1 Å². The molecule has 2 nitrogen and oxygen atoms in total. The second kappa shape index (κ2) is 6.14. The van der Waals surface area contributed by atoms with E-state index in [9.17, 15) is 4.39 Å². The van der Waals surface area contributed by atoms with Gasteiger partial charge in [-0.2, -0.15) is 0 Å². The number of nitrogens with two attached hydrogens (primary N) is 1. The average Bonchev–Trinajstić information content (AvgIpc) is 2.43. The Morgan fingerprint density at radius 1 is 1.10 bits per heavy atom. The van der Waals surface area contributed by atoms with Crippen LogP contribution in [0.5, 0.6) is 0 Å². The summed E-state index contributed by atoms with van der Waals surface area (Å²) in [6, 6.07) is 12.0. The van der Waals surface area contributed by atoms with Gasteiger partial charge in [0.05, 0.1) is 6.04 Å². The quantitative estimate of drug-likeness (QED) is 0.654. The molecule has 3 N–H and O–H groups in total. The maximum atomic E-state index is 13.6. The zero-order valence-electron chi connectivity index (χ0n) is 12.5. The summed E-state index contributed by atoms with van der Waals surface area (Å²) in [5.41, 5.74) is 5.50. The van der Waals surface area contributed by atoms with E-state index in [4.69, 9.17) is 17.4 Å². The fraction of sp³-hybridized carbons (Fsp3) is 0.294. The van der Waals surface area contributed by atoms with Crippen molar-refractivity contribution < 1.29 is 4.39 Å². The molecule has 0 bridgehead atoms. The molecule has 4 heteroatoms. The van der Waals surface area contributed by atoms with Gasteiger partial charge >= 0.3 is 0 Å². The molecule has 0 amide bonds. The van der Waals surface area contributed by atoms with Crippen molar-refractivity contribution in [1.82, 2.24) is 5.43 Å². The maximum absolute atomic E-state index is 13.6. The lowest BCUT2D eigenvalue weighted by Gasteiger charge is -2.28. The lowest BCUT2D eigenvalue weighted by molar-refractivity contribution is 0.555. The third-order valence-corrected chi connectivity index (χ3v) is 3.86. The van der Waals surface area contributed by atoms with E-state index in [0.29, 0.717) is 10.6 Å². The Morgan fingerprint density at radius 3 is 2.38 bits per heavy atom. The number of hydrogen-bond donors (Lipinski definition) is 2. The summed E-state index contributed by atoms with van der Waals surface area (Å²) >= 11 is 6.22. The van der Waals surface area contributed by atoms with Crippen molar-refractivity contribution in [3.63, 3.8) is 0 Å². The van der Waals surface area contributed by atoms with Crippen LogP contribution in [0.15, 0.2) is 42.5 Å². The van der Waals surface area contributed by atoms with Crippen molar-refractivity contribution in [2.75, 3.05) is 0 Å². The Labute approximate surface area is 130 Å². The van der Waals surface area contributed by atoms with Crippen molar-refractivity contribution in [2.45, 2.75) is 32.2 Å².